The van der Waals surface area contributed by atoms with Gasteiger partial charge in [-0.3, -0.25) is 0 Å². The van der Waals surface area contributed by atoms with Gasteiger partial charge in [0.05, 0.1) is 0 Å². The van der Waals surface area contributed by atoms with Crippen molar-refractivity contribution < 1.29 is 0 Å². The number of rotatable bonds is 3. The maximum Gasteiger partial charge on any atom is 0.138 e. The summed E-state index contributed by atoms with van der Waals surface area (Å²) in [6, 6.07) is 6.35. The fourth-order valence-electron chi connectivity index (χ4n) is 1.41. The van der Waals surface area contributed by atoms with Crippen LogP contribution in [0.3, 0.4) is 0 Å². The summed E-state index contributed by atoms with van der Waals surface area (Å²) in [5.41, 5.74) is 2.51. The van der Waals surface area contributed by atoms with Crippen LogP contribution in [0, 0.1) is 17.6 Å². The average molecular weight is 205 g/mol. The molecule has 0 radical (unpaired) electrons. The van der Waals surface area contributed by atoms with Crippen molar-refractivity contribution in [1.29, 1.82) is 5.26 Å². The second-order valence-electron chi connectivity index (χ2n) is 3.54. The molecule has 0 heterocycles. The highest BCUT2D eigenvalue weighted by Crippen LogP contribution is 2.30. The topological polar surface area (TPSA) is 23.8 Å². The monoisotopic (exact) mass is 205 g/mol. The van der Waals surface area contributed by atoms with Gasteiger partial charge in [0.15, 0.2) is 0 Å². The van der Waals surface area contributed by atoms with Gasteiger partial charge in [-0.1, -0.05) is 26.0 Å². The standard InChI is InChI=1S/C12H15NS/c1-4-10(3)11-6-5-9(2)7-12(11)14-8-13/h5-7,10H,4H2,1-3H3. The number of benzene rings is 1. The van der Waals surface area contributed by atoms with E-state index >= 15 is 0 Å². The Kier molecular flexibility index (Phi) is 4.03. The van der Waals surface area contributed by atoms with Crippen LogP contribution < -0.4 is 0 Å². The molecule has 14 heavy (non-hydrogen) atoms. The van der Waals surface area contributed by atoms with Crippen LogP contribution in [0.1, 0.15) is 37.3 Å². The Balaban J connectivity index is 3.09. The Morgan fingerprint density at radius 2 is 2.21 bits per heavy atom. The van der Waals surface area contributed by atoms with Crippen molar-refractivity contribution in [3.8, 4) is 5.40 Å². The lowest BCUT2D eigenvalue weighted by Gasteiger charge is -2.12. The summed E-state index contributed by atoms with van der Waals surface area (Å²) in [5, 5.41) is 10.8. The zero-order valence-corrected chi connectivity index (χ0v) is 9.69. The largest absolute Gasteiger partial charge is 0.185 e. The number of hydrogen-bond acceptors (Lipinski definition) is 2. The molecule has 1 rings (SSSR count). The molecule has 1 nitrogen and oxygen atoms in total. The molecule has 0 saturated carbocycles. The summed E-state index contributed by atoms with van der Waals surface area (Å²) in [6.45, 7) is 6.43. The van der Waals surface area contributed by atoms with Crippen LogP contribution in [-0.2, 0) is 0 Å². The molecule has 1 aromatic carbocycles. The van der Waals surface area contributed by atoms with Gasteiger partial charge in [0.25, 0.3) is 0 Å². The minimum Gasteiger partial charge on any atom is -0.185 e. The van der Waals surface area contributed by atoms with Gasteiger partial charge in [-0.15, -0.1) is 0 Å². The van der Waals surface area contributed by atoms with Gasteiger partial charge in [-0.05, 0) is 48.2 Å². The van der Waals surface area contributed by atoms with Gasteiger partial charge in [0.2, 0.25) is 0 Å². The van der Waals surface area contributed by atoms with Gasteiger partial charge in [-0.2, -0.15) is 5.26 Å². The van der Waals surface area contributed by atoms with E-state index in [1.165, 1.54) is 22.9 Å². The minimum atomic E-state index is 0.534. The van der Waals surface area contributed by atoms with E-state index in [-0.39, 0.29) is 0 Å². The highest BCUT2D eigenvalue weighted by molar-refractivity contribution is 8.03. The minimum absolute atomic E-state index is 0.534. The number of thiocyanates is 1. The zero-order valence-electron chi connectivity index (χ0n) is 8.87. The quantitative estimate of drug-likeness (QED) is 0.548. The smallest absolute Gasteiger partial charge is 0.138 e. The van der Waals surface area contributed by atoms with Crippen molar-refractivity contribution in [1.82, 2.24) is 0 Å². The van der Waals surface area contributed by atoms with Crippen molar-refractivity contribution in [2.75, 3.05) is 0 Å². The molecule has 0 saturated heterocycles. The van der Waals surface area contributed by atoms with Gasteiger partial charge < -0.3 is 0 Å². The van der Waals surface area contributed by atoms with E-state index in [1.807, 2.05) is 0 Å². The van der Waals surface area contributed by atoms with Crippen LogP contribution in [0.2, 0.25) is 0 Å². The predicted molar refractivity (Wildman–Crippen MR) is 61.4 cm³/mol. The van der Waals surface area contributed by atoms with E-state index in [0.29, 0.717) is 5.92 Å². The molecule has 2 heteroatoms. The van der Waals surface area contributed by atoms with Crippen molar-refractivity contribution in [3.05, 3.63) is 29.3 Å². The number of hydrogen-bond donors (Lipinski definition) is 0. The van der Waals surface area contributed by atoms with Gasteiger partial charge in [0.1, 0.15) is 5.40 Å². The van der Waals surface area contributed by atoms with Crippen molar-refractivity contribution in [2.45, 2.75) is 38.0 Å². The van der Waals surface area contributed by atoms with Crippen LogP contribution in [0.4, 0.5) is 0 Å². The van der Waals surface area contributed by atoms with Crippen LogP contribution in [-0.4, -0.2) is 0 Å². The molecule has 1 aromatic rings. The van der Waals surface area contributed by atoms with Crippen molar-refractivity contribution >= 4 is 11.8 Å². The lowest BCUT2D eigenvalue weighted by atomic mass is 9.98. The SMILES string of the molecule is CCC(C)c1ccc(C)cc1SC#N. The van der Waals surface area contributed by atoms with Crippen LogP contribution in [0.15, 0.2) is 23.1 Å². The molecule has 0 aliphatic heterocycles. The Bertz CT molecular complexity index is 352. The highest BCUT2D eigenvalue weighted by atomic mass is 32.2. The summed E-state index contributed by atoms with van der Waals surface area (Å²) in [4.78, 5) is 1.11. The summed E-state index contributed by atoms with van der Waals surface area (Å²) in [6.07, 6.45) is 1.11. The second kappa shape index (κ2) is 5.07. The number of thioether (sulfide) groups is 1. The lowest BCUT2D eigenvalue weighted by Crippen LogP contribution is -1.94. The highest BCUT2D eigenvalue weighted by Gasteiger charge is 2.09. The zero-order chi connectivity index (χ0) is 10.6. The number of aryl methyl sites for hydroxylation is 1. The first-order valence-electron chi connectivity index (χ1n) is 4.85. The Hall–Kier alpha value is -0.940. The summed E-state index contributed by atoms with van der Waals surface area (Å²) in [5.74, 6) is 0.534. The maximum atomic E-state index is 8.70. The van der Waals surface area contributed by atoms with Gasteiger partial charge in [0, 0.05) is 4.90 Å². The lowest BCUT2D eigenvalue weighted by molar-refractivity contribution is 0.719. The van der Waals surface area contributed by atoms with Gasteiger partial charge in [-0.25, -0.2) is 0 Å². The third-order valence-corrected chi connectivity index (χ3v) is 3.13. The van der Waals surface area contributed by atoms with E-state index in [4.69, 9.17) is 5.26 Å². The first kappa shape index (κ1) is 11.1. The van der Waals surface area contributed by atoms with Crippen molar-refractivity contribution in [2.24, 2.45) is 0 Å². The molecule has 1 unspecified atom stereocenters. The van der Waals surface area contributed by atoms with E-state index in [1.54, 1.807) is 0 Å². The third kappa shape index (κ3) is 2.52. The van der Waals surface area contributed by atoms with Crippen molar-refractivity contribution in [3.63, 3.8) is 0 Å². The molecule has 0 N–H and O–H groups in total. The summed E-state index contributed by atoms with van der Waals surface area (Å²) in [7, 11) is 0. The predicted octanol–water partition coefficient (Wildman–Crippen LogP) is 4.08. The number of nitrogens with zero attached hydrogens (tertiary/aromatic N) is 1. The fraction of sp³-hybridized carbons (Fsp3) is 0.417. The molecule has 0 bridgehead atoms. The van der Waals surface area contributed by atoms with E-state index in [9.17, 15) is 0 Å². The average Bonchev–Trinajstić information content (AvgIpc) is 2.17. The molecular weight excluding hydrogens is 190 g/mol. The summed E-state index contributed by atoms with van der Waals surface area (Å²) < 4.78 is 0. The molecular formula is C12H15NS. The third-order valence-electron chi connectivity index (χ3n) is 2.47. The molecule has 0 aliphatic carbocycles. The number of nitriles is 1. The molecule has 74 valence electrons. The fourth-order valence-corrected chi connectivity index (χ4v) is 2.14. The molecule has 0 amide bonds. The Morgan fingerprint density at radius 1 is 1.50 bits per heavy atom. The molecule has 1 atom stereocenters. The first-order valence-corrected chi connectivity index (χ1v) is 5.67. The maximum absolute atomic E-state index is 8.70. The summed E-state index contributed by atoms with van der Waals surface area (Å²) >= 11 is 1.27. The van der Waals surface area contributed by atoms with Crippen LogP contribution >= 0.6 is 11.8 Å². The van der Waals surface area contributed by atoms with E-state index < -0.39 is 0 Å². The van der Waals surface area contributed by atoms with E-state index in [0.717, 1.165) is 11.3 Å². The van der Waals surface area contributed by atoms with Crippen LogP contribution in [0.5, 0.6) is 0 Å². The first-order chi connectivity index (χ1) is 6.69. The Labute approximate surface area is 90.1 Å². The van der Waals surface area contributed by atoms with Crippen LogP contribution in [0.25, 0.3) is 0 Å². The molecule has 0 aliphatic rings. The second-order valence-corrected chi connectivity index (χ2v) is 4.37. The Morgan fingerprint density at radius 3 is 2.79 bits per heavy atom. The van der Waals surface area contributed by atoms with Gasteiger partial charge >= 0.3 is 0 Å². The normalized spacial score (nSPS) is 12.1. The molecule has 0 aromatic heterocycles. The molecule has 0 spiro atoms. The molecule has 0 fully saturated rings. The van der Waals surface area contributed by atoms with E-state index in [2.05, 4.69) is 44.4 Å².